The topological polar surface area (TPSA) is 60.0 Å². The molecule has 24 heavy (non-hydrogen) atoms. The van der Waals surface area contributed by atoms with Gasteiger partial charge in [-0.2, -0.15) is 0 Å². The fourth-order valence-electron chi connectivity index (χ4n) is 5.34. The Bertz CT molecular complexity index is 549. The van der Waals surface area contributed by atoms with E-state index in [0.29, 0.717) is 17.4 Å². The standard InChI is InChI=1S/C19H33N5/c1-2-24-17(21-22-18(24)15-11-16(20)12-15)13-23-10-6-9-19(14-23)7-4-3-5-8-19/h15-16H,2-14,20H2,1H3. The number of likely N-dealkylation sites (tertiary alicyclic amines) is 1. The molecule has 2 N–H and O–H groups in total. The molecule has 0 amide bonds. The van der Waals surface area contributed by atoms with Crippen molar-refractivity contribution in [2.24, 2.45) is 11.1 Å². The lowest BCUT2D eigenvalue weighted by Crippen LogP contribution is -2.44. The van der Waals surface area contributed by atoms with Crippen molar-refractivity contribution < 1.29 is 0 Å². The van der Waals surface area contributed by atoms with Crippen LogP contribution in [0.2, 0.25) is 0 Å². The van der Waals surface area contributed by atoms with E-state index in [4.69, 9.17) is 5.73 Å². The van der Waals surface area contributed by atoms with Crippen LogP contribution < -0.4 is 5.73 Å². The number of piperidine rings is 1. The van der Waals surface area contributed by atoms with E-state index in [1.807, 2.05) is 0 Å². The van der Waals surface area contributed by atoms with Crippen molar-refractivity contribution in [1.29, 1.82) is 0 Å². The van der Waals surface area contributed by atoms with Crippen molar-refractivity contribution in [3.63, 3.8) is 0 Å². The van der Waals surface area contributed by atoms with E-state index in [0.717, 1.165) is 25.9 Å². The maximum atomic E-state index is 5.97. The van der Waals surface area contributed by atoms with Crippen molar-refractivity contribution in [2.75, 3.05) is 13.1 Å². The first-order valence-electron chi connectivity index (χ1n) is 10.1. The molecule has 1 spiro atoms. The molecule has 5 nitrogen and oxygen atoms in total. The zero-order valence-electron chi connectivity index (χ0n) is 15.2. The number of hydrogen-bond acceptors (Lipinski definition) is 4. The van der Waals surface area contributed by atoms with Gasteiger partial charge in [0.1, 0.15) is 11.6 Å². The summed E-state index contributed by atoms with van der Waals surface area (Å²) < 4.78 is 2.36. The van der Waals surface area contributed by atoms with Crippen molar-refractivity contribution >= 4 is 0 Å². The van der Waals surface area contributed by atoms with Gasteiger partial charge in [0.2, 0.25) is 0 Å². The molecule has 5 heteroatoms. The number of aromatic nitrogens is 3. The highest BCUT2D eigenvalue weighted by Gasteiger charge is 2.37. The molecule has 0 atom stereocenters. The summed E-state index contributed by atoms with van der Waals surface area (Å²) in [6.45, 7) is 6.66. The third kappa shape index (κ3) is 3.13. The van der Waals surface area contributed by atoms with Gasteiger partial charge in [0.15, 0.2) is 0 Å². The molecule has 0 radical (unpaired) electrons. The minimum Gasteiger partial charge on any atom is -0.328 e. The van der Waals surface area contributed by atoms with Crippen LogP contribution in [0.4, 0.5) is 0 Å². The fraction of sp³-hybridized carbons (Fsp3) is 0.895. The highest BCUT2D eigenvalue weighted by atomic mass is 15.3. The molecule has 3 fully saturated rings. The lowest BCUT2D eigenvalue weighted by Gasteiger charge is -2.45. The summed E-state index contributed by atoms with van der Waals surface area (Å²) in [4.78, 5) is 2.65. The molecule has 1 aliphatic heterocycles. The van der Waals surface area contributed by atoms with Gasteiger partial charge in [0.25, 0.3) is 0 Å². The summed E-state index contributed by atoms with van der Waals surface area (Å²) in [5.41, 5.74) is 6.58. The summed E-state index contributed by atoms with van der Waals surface area (Å²) in [5, 5.41) is 9.12. The highest BCUT2D eigenvalue weighted by molar-refractivity contribution is 5.09. The van der Waals surface area contributed by atoms with Crippen molar-refractivity contribution in [1.82, 2.24) is 19.7 Å². The summed E-state index contributed by atoms with van der Waals surface area (Å²) in [6.07, 6.45) is 12.1. The second kappa shape index (κ2) is 6.75. The number of rotatable bonds is 4. The van der Waals surface area contributed by atoms with Crippen LogP contribution in [-0.4, -0.2) is 38.8 Å². The van der Waals surface area contributed by atoms with Crippen molar-refractivity contribution in [2.45, 2.75) is 89.8 Å². The van der Waals surface area contributed by atoms with E-state index in [9.17, 15) is 0 Å². The maximum absolute atomic E-state index is 5.97. The van der Waals surface area contributed by atoms with Gasteiger partial charge in [0.05, 0.1) is 6.54 Å². The van der Waals surface area contributed by atoms with Gasteiger partial charge in [-0.3, -0.25) is 4.90 Å². The molecule has 134 valence electrons. The van der Waals surface area contributed by atoms with E-state index in [2.05, 4.69) is 26.6 Å². The first-order chi connectivity index (χ1) is 11.7. The monoisotopic (exact) mass is 331 g/mol. The van der Waals surface area contributed by atoms with Gasteiger partial charge in [-0.05, 0) is 57.4 Å². The molecule has 2 aliphatic carbocycles. The second-order valence-corrected chi connectivity index (χ2v) is 8.52. The molecular formula is C19H33N5. The smallest absolute Gasteiger partial charge is 0.147 e. The Morgan fingerprint density at radius 2 is 1.83 bits per heavy atom. The molecule has 4 rings (SSSR count). The van der Waals surface area contributed by atoms with Gasteiger partial charge in [-0.1, -0.05) is 19.3 Å². The van der Waals surface area contributed by atoms with Crippen molar-refractivity contribution in [3.05, 3.63) is 11.6 Å². The van der Waals surface area contributed by atoms with E-state index in [1.165, 1.54) is 69.7 Å². The maximum Gasteiger partial charge on any atom is 0.147 e. The highest BCUT2D eigenvalue weighted by Crippen LogP contribution is 2.43. The Balaban J connectivity index is 1.45. The third-order valence-corrected chi connectivity index (χ3v) is 6.73. The number of nitrogens with zero attached hydrogens (tertiary/aromatic N) is 4. The predicted octanol–water partition coefficient (Wildman–Crippen LogP) is 3.05. The summed E-state index contributed by atoms with van der Waals surface area (Å²) in [6, 6.07) is 0.369. The molecule has 0 unspecified atom stereocenters. The summed E-state index contributed by atoms with van der Waals surface area (Å²) in [7, 11) is 0. The zero-order valence-corrected chi connectivity index (χ0v) is 15.2. The number of hydrogen-bond donors (Lipinski definition) is 1. The van der Waals surface area contributed by atoms with E-state index in [1.54, 1.807) is 0 Å². The van der Waals surface area contributed by atoms with Gasteiger partial charge in [0, 0.05) is 25.0 Å². The van der Waals surface area contributed by atoms with E-state index >= 15 is 0 Å². The van der Waals surface area contributed by atoms with Crippen LogP contribution in [-0.2, 0) is 13.1 Å². The van der Waals surface area contributed by atoms with E-state index in [-0.39, 0.29) is 0 Å². The Kier molecular flexibility index (Phi) is 4.65. The SMILES string of the molecule is CCn1c(CN2CCCC3(CCCCC3)C2)nnc1C1CC(N)C1. The first kappa shape index (κ1) is 16.5. The third-order valence-electron chi connectivity index (χ3n) is 6.73. The average Bonchev–Trinajstić information content (AvgIpc) is 2.95. The molecule has 1 saturated heterocycles. The lowest BCUT2D eigenvalue weighted by molar-refractivity contribution is 0.0473. The normalized spacial score (nSPS) is 30.4. The average molecular weight is 332 g/mol. The van der Waals surface area contributed by atoms with Gasteiger partial charge in [-0.25, -0.2) is 0 Å². The summed E-state index contributed by atoms with van der Waals surface area (Å²) >= 11 is 0. The van der Waals surface area contributed by atoms with Crippen LogP contribution >= 0.6 is 0 Å². The largest absolute Gasteiger partial charge is 0.328 e. The molecule has 0 aromatic carbocycles. The number of nitrogens with two attached hydrogens (primary N) is 1. The first-order valence-corrected chi connectivity index (χ1v) is 10.1. The van der Waals surface area contributed by atoms with E-state index < -0.39 is 0 Å². The molecule has 1 aromatic heterocycles. The fourth-order valence-corrected chi connectivity index (χ4v) is 5.34. The van der Waals surface area contributed by atoms with Gasteiger partial charge >= 0.3 is 0 Å². The predicted molar refractivity (Wildman–Crippen MR) is 95.7 cm³/mol. The van der Waals surface area contributed by atoms with Gasteiger partial charge < -0.3 is 10.3 Å². The quantitative estimate of drug-likeness (QED) is 0.921. The molecule has 2 heterocycles. The van der Waals surface area contributed by atoms with Crippen LogP contribution in [0.3, 0.4) is 0 Å². The Morgan fingerprint density at radius 3 is 2.54 bits per heavy atom. The lowest BCUT2D eigenvalue weighted by atomic mass is 9.69. The molecule has 2 saturated carbocycles. The molecule has 0 bridgehead atoms. The van der Waals surface area contributed by atoms with Crippen molar-refractivity contribution in [3.8, 4) is 0 Å². The Hall–Kier alpha value is -0.940. The van der Waals surface area contributed by atoms with Crippen LogP contribution in [0.5, 0.6) is 0 Å². The minimum absolute atomic E-state index is 0.369. The Labute approximate surface area is 146 Å². The molecule has 3 aliphatic rings. The zero-order chi connectivity index (χ0) is 16.6. The van der Waals surface area contributed by atoms with Crippen LogP contribution in [0.1, 0.15) is 82.3 Å². The van der Waals surface area contributed by atoms with Crippen LogP contribution in [0.15, 0.2) is 0 Å². The summed E-state index contributed by atoms with van der Waals surface area (Å²) in [5.74, 6) is 2.88. The molecule has 1 aromatic rings. The second-order valence-electron chi connectivity index (χ2n) is 8.52. The van der Waals surface area contributed by atoms with Gasteiger partial charge in [-0.15, -0.1) is 10.2 Å². The minimum atomic E-state index is 0.369. The Morgan fingerprint density at radius 1 is 1.08 bits per heavy atom. The van der Waals surface area contributed by atoms with Crippen LogP contribution in [0, 0.1) is 5.41 Å². The molecular weight excluding hydrogens is 298 g/mol. The van der Waals surface area contributed by atoms with Crippen LogP contribution in [0.25, 0.3) is 0 Å².